The highest BCUT2D eigenvalue weighted by atomic mass is 35.7. The highest BCUT2D eigenvalue weighted by Crippen LogP contribution is 2.26. The zero-order valence-electron chi connectivity index (χ0n) is 23.1. The van der Waals surface area contributed by atoms with E-state index in [1.807, 2.05) is 48.5 Å². The number of amides is 2. The SMILES string of the molecule is CC(C)(C)OC(=O)NC1CC(O)C1.CC1CC(NC(=O)OC(C)(C)C)C1.Cc1ccc(S(=O)(=O)Cl)cc1. The van der Waals surface area contributed by atoms with Gasteiger partial charge >= 0.3 is 12.2 Å². The summed E-state index contributed by atoms with van der Waals surface area (Å²) in [6.07, 6.45) is 2.51. The summed E-state index contributed by atoms with van der Waals surface area (Å²) in [6.45, 7) is 15.1. The van der Waals surface area contributed by atoms with Crippen LogP contribution in [0.25, 0.3) is 0 Å². The molecular formula is C26H43ClN2O7S. The van der Waals surface area contributed by atoms with E-state index < -0.39 is 20.7 Å². The molecule has 1 aromatic rings. The van der Waals surface area contributed by atoms with Crippen LogP contribution in [-0.4, -0.2) is 55.1 Å². The molecule has 37 heavy (non-hydrogen) atoms. The molecule has 0 saturated heterocycles. The van der Waals surface area contributed by atoms with Gasteiger partial charge < -0.3 is 25.2 Å². The highest BCUT2D eigenvalue weighted by Gasteiger charge is 2.30. The number of carbonyl (C=O) groups excluding carboxylic acids is 2. The topological polar surface area (TPSA) is 131 Å². The van der Waals surface area contributed by atoms with Crippen molar-refractivity contribution in [2.45, 2.75) is 115 Å². The molecule has 0 heterocycles. The molecule has 1 aromatic carbocycles. The lowest BCUT2D eigenvalue weighted by Gasteiger charge is -2.33. The summed E-state index contributed by atoms with van der Waals surface area (Å²) < 4.78 is 31.6. The fourth-order valence-electron chi connectivity index (χ4n) is 3.38. The van der Waals surface area contributed by atoms with Crippen molar-refractivity contribution in [2.75, 3.05) is 0 Å². The molecule has 2 aliphatic rings. The second-order valence-corrected chi connectivity index (χ2v) is 14.2. The molecule has 3 rings (SSSR count). The van der Waals surface area contributed by atoms with E-state index >= 15 is 0 Å². The molecule has 2 fully saturated rings. The van der Waals surface area contributed by atoms with Crippen LogP contribution in [-0.2, 0) is 18.5 Å². The lowest BCUT2D eigenvalue weighted by Crippen LogP contribution is -2.48. The molecule has 9 nitrogen and oxygen atoms in total. The molecule has 11 heteroatoms. The number of rotatable bonds is 3. The Labute approximate surface area is 226 Å². The Hall–Kier alpha value is -2.04. The summed E-state index contributed by atoms with van der Waals surface area (Å²) in [7, 11) is 1.54. The van der Waals surface area contributed by atoms with Crippen molar-refractivity contribution in [3.05, 3.63) is 29.8 Å². The minimum absolute atomic E-state index is 0.0878. The summed E-state index contributed by atoms with van der Waals surface area (Å²) in [6, 6.07) is 6.80. The maximum absolute atomic E-state index is 11.2. The number of aliphatic hydroxyl groups excluding tert-OH is 1. The number of ether oxygens (including phenoxy) is 2. The molecule has 0 aromatic heterocycles. The number of halogens is 1. The zero-order valence-corrected chi connectivity index (χ0v) is 24.7. The lowest BCUT2D eigenvalue weighted by atomic mass is 9.82. The van der Waals surface area contributed by atoms with Gasteiger partial charge in [-0.1, -0.05) is 24.6 Å². The zero-order chi connectivity index (χ0) is 28.6. The van der Waals surface area contributed by atoms with Crippen LogP contribution in [0.15, 0.2) is 29.2 Å². The monoisotopic (exact) mass is 562 g/mol. The maximum Gasteiger partial charge on any atom is 0.407 e. The van der Waals surface area contributed by atoms with Gasteiger partial charge in [-0.3, -0.25) is 0 Å². The predicted molar refractivity (Wildman–Crippen MR) is 144 cm³/mol. The van der Waals surface area contributed by atoms with Crippen LogP contribution in [0.4, 0.5) is 9.59 Å². The van der Waals surface area contributed by atoms with Gasteiger partial charge in [0.1, 0.15) is 11.2 Å². The Morgan fingerprint density at radius 3 is 1.54 bits per heavy atom. The van der Waals surface area contributed by atoms with E-state index in [0.29, 0.717) is 18.9 Å². The normalized spacial score (nSPS) is 22.9. The van der Waals surface area contributed by atoms with Crippen molar-refractivity contribution in [3.8, 4) is 0 Å². The minimum Gasteiger partial charge on any atom is -0.444 e. The van der Waals surface area contributed by atoms with Crippen LogP contribution in [0, 0.1) is 12.8 Å². The number of aryl methyl sites for hydroxylation is 1. The van der Waals surface area contributed by atoms with Crippen molar-refractivity contribution < 1.29 is 32.6 Å². The lowest BCUT2D eigenvalue weighted by molar-refractivity contribution is 0.0303. The highest BCUT2D eigenvalue weighted by molar-refractivity contribution is 8.13. The Balaban J connectivity index is 0.000000279. The fraction of sp³-hybridized carbons (Fsp3) is 0.692. The first-order valence-electron chi connectivity index (χ1n) is 12.4. The summed E-state index contributed by atoms with van der Waals surface area (Å²) in [5.74, 6) is 0.750. The average Bonchev–Trinajstić information content (AvgIpc) is 2.63. The van der Waals surface area contributed by atoms with Crippen molar-refractivity contribution in [2.24, 2.45) is 5.92 Å². The van der Waals surface area contributed by atoms with Gasteiger partial charge in [-0.2, -0.15) is 0 Å². The molecule has 2 amide bonds. The predicted octanol–water partition coefficient (Wildman–Crippen LogP) is 5.27. The van der Waals surface area contributed by atoms with Crippen LogP contribution in [0.3, 0.4) is 0 Å². The quantitative estimate of drug-likeness (QED) is 0.428. The van der Waals surface area contributed by atoms with Crippen LogP contribution in [0.5, 0.6) is 0 Å². The number of hydrogen-bond donors (Lipinski definition) is 3. The molecule has 0 unspecified atom stereocenters. The van der Waals surface area contributed by atoms with E-state index in [-0.39, 0.29) is 28.7 Å². The van der Waals surface area contributed by atoms with E-state index in [0.717, 1.165) is 24.3 Å². The Bertz CT molecular complexity index is 930. The minimum atomic E-state index is -3.55. The number of hydrogen-bond acceptors (Lipinski definition) is 7. The largest absolute Gasteiger partial charge is 0.444 e. The molecule has 0 spiro atoms. The standard InChI is InChI=1S/C10H19NO2.C9H17NO3.C7H7ClO2S/c1-7-5-8(6-7)11-9(12)13-10(2,3)4;1-9(2,3)13-8(12)10-6-4-7(11)5-6;1-6-2-4-7(5-3-6)11(8,9)10/h7-8H,5-6H2,1-4H3,(H,11,12);6-7,11H,4-5H2,1-3H3,(H,10,12);2-5H,1H3. The summed E-state index contributed by atoms with van der Waals surface area (Å²) in [4.78, 5) is 22.5. The van der Waals surface area contributed by atoms with E-state index in [9.17, 15) is 18.0 Å². The van der Waals surface area contributed by atoms with E-state index in [4.69, 9.17) is 25.3 Å². The third-order valence-electron chi connectivity index (χ3n) is 5.23. The molecule has 2 aliphatic carbocycles. The number of benzene rings is 1. The first-order chi connectivity index (χ1) is 16.7. The van der Waals surface area contributed by atoms with E-state index in [1.165, 1.54) is 12.1 Å². The van der Waals surface area contributed by atoms with Gasteiger partial charge in [-0.25, -0.2) is 18.0 Å². The second-order valence-electron chi connectivity index (χ2n) is 11.6. The first kappa shape index (κ1) is 33.0. The Morgan fingerprint density at radius 1 is 0.865 bits per heavy atom. The number of alkyl carbamates (subject to hydrolysis) is 2. The number of nitrogens with one attached hydrogen (secondary N) is 2. The van der Waals surface area contributed by atoms with Gasteiger partial charge in [-0.05, 0) is 92.2 Å². The van der Waals surface area contributed by atoms with Gasteiger partial charge in [0.25, 0.3) is 9.05 Å². The Kier molecular flexibility index (Phi) is 12.2. The smallest absolute Gasteiger partial charge is 0.407 e. The maximum atomic E-state index is 11.2. The summed E-state index contributed by atoms with van der Waals surface area (Å²) in [5.41, 5.74) is 0.167. The van der Waals surface area contributed by atoms with Gasteiger partial charge in [0.15, 0.2) is 0 Å². The third-order valence-corrected chi connectivity index (χ3v) is 6.60. The number of carbonyl (C=O) groups is 2. The van der Waals surface area contributed by atoms with Gasteiger partial charge in [0.05, 0.1) is 11.0 Å². The molecule has 0 aliphatic heterocycles. The van der Waals surface area contributed by atoms with Crippen molar-refractivity contribution >= 4 is 31.9 Å². The average molecular weight is 563 g/mol. The first-order valence-corrected chi connectivity index (χ1v) is 14.7. The van der Waals surface area contributed by atoms with Crippen molar-refractivity contribution in [3.63, 3.8) is 0 Å². The van der Waals surface area contributed by atoms with Crippen LogP contribution in [0.2, 0.25) is 0 Å². The third kappa shape index (κ3) is 15.1. The van der Waals surface area contributed by atoms with E-state index in [2.05, 4.69) is 17.6 Å². The van der Waals surface area contributed by atoms with Crippen molar-refractivity contribution in [1.82, 2.24) is 10.6 Å². The molecule has 212 valence electrons. The molecule has 3 N–H and O–H groups in total. The second kappa shape index (κ2) is 13.7. The molecule has 0 atom stereocenters. The van der Waals surface area contributed by atoms with Gasteiger partial charge in [0.2, 0.25) is 0 Å². The summed E-state index contributed by atoms with van der Waals surface area (Å²) in [5, 5.41) is 14.5. The fourth-order valence-corrected chi connectivity index (χ4v) is 4.14. The van der Waals surface area contributed by atoms with Crippen LogP contribution < -0.4 is 10.6 Å². The molecule has 0 bridgehead atoms. The number of aliphatic hydroxyl groups is 1. The summed E-state index contributed by atoms with van der Waals surface area (Å²) >= 11 is 0. The van der Waals surface area contributed by atoms with Crippen molar-refractivity contribution in [1.29, 1.82) is 0 Å². The van der Waals surface area contributed by atoms with E-state index in [1.54, 1.807) is 12.1 Å². The molecular weight excluding hydrogens is 520 g/mol. The van der Waals surface area contributed by atoms with Gasteiger partial charge in [0, 0.05) is 22.8 Å². The Morgan fingerprint density at radius 2 is 1.24 bits per heavy atom. The molecule has 0 radical (unpaired) electrons. The van der Waals surface area contributed by atoms with Gasteiger partial charge in [-0.15, -0.1) is 0 Å². The van der Waals surface area contributed by atoms with Crippen LogP contribution in [0.1, 0.15) is 79.7 Å². The van der Waals surface area contributed by atoms with Crippen LogP contribution >= 0.6 is 10.7 Å². The molecule has 2 saturated carbocycles.